The van der Waals surface area contributed by atoms with Crippen LogP contribution in [0.2, 0.25) is 0 Å². The topological polar surface area (TPSA) is 107 Å². The quantitative estimate of drug-likeness (QED) is 0.744. The minimum absolute atomic E-state index is 0.00120. The van der Waals surface area contributed by atoms with E-state index >= 15 is 0 Å². The number of nitrogens with zero attached hydrogens (tertiary/aromatic N) is 1. The molecule has 2 N–H and O–H groups in total. The second kappa shape index (κ2) is 4.81. The van der Waals surface area contributed by atoms with Gasteiger partial charge in [-0.05, 0) is 23.8 Å². The predicted octanol–water partition coefficient (Wildman–Crippen LogP) is 0.426. The molecule has 0 unspecified atom stereocenters. The molecule has 1 aromatic heterocycles. The zero-order chi connectivity index (χ0) is 13.1. The van der Waals surface area contributed by atoms with E-state index in [0.29, 0.717) is 11.1 Å². The number of aromatic amines is 1. The van der Waals surface area contributed by atoms with Gasteiger partial charge in [-0.3, -0.25) is 4.79 Å². The third kappa shape index (κ3) is 2.14. The molecule has 0 fully saturated rings. The van der Waals surface area contributed by atoms with Crippen molar-refractivity contribution < 1.29 is 5.23 Å². The molecule has 1 heterocycles. The van der Waals surface area contributed by atoms with Crippen LogP contribution < -0.4 is 10.8 Å². The Morgan fingerprint density at radius 3 is 2.39 bits per heavy atom. The number of hydrogen-bond acceptors (Lipinski definition) is 4. The highest BCUT2D eigenvalue weighted by Crippen LogP contribution is 2.21. The molecule has 0 amide bonds. The molecule has 0 spiro atoms. The maximum atomic E-state index is 11.4. The van der Waals surface area contributed by atoms with Crippen molar-refractivity contribution in [2.24, 2.45) is 0 Å². The number of aromatic nitrogens is 1. The van der Waals surface area contributed by atoms with Crippen LogP contribution in [0, 0.1) is 21.7 Å². The smallest absolute Gasteiger partial charge is 0.266 e. The first kappa shape index (κ1) is 12.0. The summed E-state index contributed by atoms with van der Waals surface area (Å²) in [6.07, 6.45) is 1.44. The Labute approximate surface area is 102 Å². The molecule has 18 heavy (non-hydrogen) atoms. The van der Waals surface area contributed by atoms with Gasteiger partial charge >= 0.3 is 0 Å². The lowest BCUT2D eigenvalue weighted by molar-refractivity contribution is -0.715. The van der Waals surface area contributed by atoms with E-state index < -0.39 is 10.8 Å². The number of hydrogen-bond donors (Lipinski definition) is 2. The van der Waals surface area contributed by atoms with Crippen LogP contribution >= 0.6 is 0 Å². The molecule has 6 nitrogen and oxygen atoms in total. The molecule has 0 aliphatic rings. The monoisotopic (exact) mass is 242 g/mol. The van der Waals surface area contributed by atoms with Gasteiger partial charge in [0.25, 0.3) is 5.56 Å². The molecule has 0 atom stereocenters. The molecule has 0 radical (unpaired) electrons. The van der Waals surface area contributed by atoms with E-state index in [0.717, 1.165) is 0 Å². The van der Waals surface area contributed by atoms with Crippen LogP contribution in [0.5, 0.6) is 0 Å². The molecular weight excluding hydrogens is 234 g/mol. The van der Waals surface area contributed by atoms with Gasteiger partial charge in [-0.1, -0.05) is 0 Å². The number of rotatable bonds is 2. The number of pyridine rings is 1. The summed E-state index contributed by atoms with van der Waals surface area (Å²) in [6, 6.07) is 9.21. The van der Waals surface area contributed by atoms with Gasteiger partial charge in [0, 0.05) is 23.9 Å². The lowest BCUT2D eigenvalue weighted by Crippen LogP contribution is -2.96. The predicted molar refractivity (Wildman–Crippen MR) is 64.6 cm³/mol. The first-order chi connectivity index (χ1) is 8.63. The summed E-state index contributed by atoms with van der Waals surface area (Å²) < 4.78 is 0. The highest BCUT2D eigenvalue weighted by atomic mass is 16.8. The summed E-state index contributed by atoms with van der Waals surface area (Å²) in [4.78, 5) is 13.8. The molecule has 2 rings (SSSR count). The van der Waals surface area contributed by atoms with Crippen LogP contribution in [0.25, 0.3) is 11.1 Å². The zero-order valence-electron chi connectivity index (χ0n) is 9.14. The fourth-order valence-corrected chi connectivity index (χ4v) is 1.62. The van der Waals surface area contributed by atoms with Crippen LogP contribution in [-0.2, 0) is 0 Å². The Bertz CT molecular complexity index is 654. The first-order valence-corrected chi connectivity index (χ1v) is 5.07. The van der Waals surface area contributed by atoms with Gasteiger partial charge in [0.05, 0.1) is 0 Å². The summed E-state index contributed by atoms with van der Waals surface area (Å²) in [7, 11) is 0. The Balaban J connectivity index is 2.53. The van der Waals surface area contributed by atoms with Crippen molar-refractivity contribution in [3.8, 4) is 17.2 Å². The largest absolute Gasteiger partial charge is 0.628 e. The van der Waals surface area contributed by atoms with Crippen molar-refractivity contribution in [1.82, 2.24) is 4.98 Å². The van der Waals surface area contributed by atoms with E-state index in [1.807, 2.05) is 6.07 Å². The Morgan fingerprint density at radius 2 is 1.83 bits per heavy atom. The maximum absolute atomic E-state index is 11.4. The number of quaternary nitrogens is 1. The molecule has 90 valence electrons. The molecule has 0 saturated heterocycles. The van der Waals surface area contributed by atoms with E-state index in [1.54, 1.807) is 6.07 Å². The Kier molecular flexibility index (Phi) is 3.21. The van der Waals surface area contributed by atoms with Gasteiger partial charge < -0.3 is 20.6 Å². The SMILES string of the molecule is N#Cc1c(-c2ccc([NH+]([O-])[O-])cc2)cc[nH]c1=O. The second-order valence-electron chi connectivity index (χ2n) is 3.57. The summed E-state index contributed by atoms with van der Waals surface area (Å²) in [5.74, 6) is 0. The number of H-pyrrole nitrogens is 1. The van der Waals surface area contributed by atoms with E-state index in [-0.39, 0.29) is 11.3 Å². The van der Waals surface area contributed by atoms with Gasteiger partial charge in [0.15, 0.2) is 0 Å². The summed E-state index contributed by atoms with van der Waals surface area (Å²) in [5.41, 5.74) is 0.633. The number of benzene rings is 1. The minimum Gasteiger partial charge on any atom is -0.628 e. The molecule has 6 heteroatoms. The molecule has 2 aromatic rings. The summed E-state index contributed by atoms with van der Waals surface area (Å²) in [5, 5.41) is 28.9. The average molecular weight is 242 g/mol. The molecule has 0 saturated carbocycles. The van der Waals surface area contributed by atoms with Crippen molar-refractivity contribution in [3.63, 3.8) is 0 Å². The lowest BCUT2D eigenvalue weighted by Gasteiger charge is -2.24. The normalized spacial score (nSPS) is 10.3. The minimum atomic E-state index is -1.27. The van der Waals surface area contributed by atoms with Gasteiger partial charge in [-0.15, -0.1) is 0 Å². The Morgan fingerprint density at radius 1 is 1.17 bits per heavy atom. The second-order valence-corrected chi connectivity index (χ2v) is 3.57. The van der Waals surface area contributed by atoms with Crippen molar-refractivity contribution in [2.45, 2.75) is 0 Å². The average Bonchev–Trinajstić information content (AvgIpc) is 2.38. The standard InChI is InChI=1S/C12H8N3O3/c13-7-11-10(5-6-14-12(11)16)8-1-3-9(4-2-8)15(17)18/h1-6,15H,(H,14,16)/q-1. The molecule has 0 bridgehead atoms. The molecule has 0 aliphatic carbocycles. The van der Waals surface area contributed by atoms with Crippen molar-refractivity contribution >= 4 is 5.69 Å². The van der Waals surface area contributed by atoms with Crippen LogP contribution in [-0.4, -0.2) is 4.98 Å². The van der Waals surface area contributed by atoms with Crippen LogP contribution in [0.3, 0.4) is 0 Å². The summed E-state index contributed by atoms with van der Waals surface area (Å²) in [6.45, 7) is 0. The summed E-state index contributed by atoms with van der Waals surface area (Å²) >= 11 is 0. The highest BCUT2D eigenvalue weighted by molar-refractivity contribution is 5.70. The van der Waals surface area contributed by atoms with E-state index in [9.17, 15) is 15.2 Å². The fraction of sp³-hybridized carbons (Fsp3) is 0. The maximum Gasteiger partial charge on any atom is 0.266 e. The highest BCUT2D eigenvalue weighted by Gasteiger charge is 2.08. The Hall–Kier alpha value is -2.46. The van der Waals surface area contributed by atoms with Crippen LogP contribution in [0.15, 0.2) is 41.3 Å². The fourth-order valence-electron chi connectivity index (χ4n) is 1.62. The zero-order valence-corrected chi connectivity index (χ0v) is 9.14. The first-order valence-electron chi connectivity index (χ1n) is 5.07. The van der Waals surface area contributed by atoms with E-state index in [4.69, 9.17) is 5.26 Å². The van der Waals surface area contributed by atoms with Gasteiger partial charge in [0.1, 0.15) is 17.3 Å². The molecule has 0 aliphatic heterocycles. The van der Waals surface area contributed by atoms with Crippen LogP contribution in [0.4, 0.5) is 5.69 Å². The van der Waals surface area contributed by atoms with E-state index in [1.165, 1.54) is 30.5 Å². The third-order valence-electron chi connectivity index (χ3n) is 2.50. The number of nitriles is 1. The van der Waals surface area contributed by atoms with Crippen molar-refractivity contribution in [1.29, 1.82) is 5.26 Å². The van der Waals surface area contributed by atoms with Crippen molar-refractivity contribution in [2.75, 3.05) is 0 Å². The molecule has 1 aromatic carbocycles. The number of nitrogens with one attached hydrogen (secondary N) is 2. The lowest BCUT2D eigenvalue weighted by atomic mass is 10.0. The molecular formula is C12H8N3O3-. The van der Waals surface area contributed by atoms with Gasteiger partial charge in [-0.25, -0.2) is 0 Å². The van der Waals surface area contributed by atoms with Gasteiger partial charge in [0.2, 0.25) is 0 Å². The van der Waals surface area contributed by atoms with Gasteiger partial charge in [-0.2, -0.15) is 5.26 Å². The van der Waals surface area contributed by atoms with Crippen molar-refractivity contribution in [3.05, 3.63) is 62.9 Å². The van der Waals surface area contributed by atoms with E-state index in [2.05, 4.69) is 4.98 Å². The van der Waals surface area contributed by atoms with Crippen LogP contribution in [0.1, 0.15) is 5.56 Å². The third-order valence-corrected chi connectivity index (χ3v) is 2.50.